The van der Waals surface area contributed by atoms with Gasteiger partial charge in [-0.05, 0) is 40.9 Å². The van der Waals surface area contributed by atoms with E-state index < -0.39 is 11.7 Å². The van der Waals surface area contributed by atoms with E-state index in [-0.39, 0.29) is 19.3 Å². The first kappa shape index (κ1) is 15.2. The molecule has 19 heavy (non-hydrogen) atoms. The molecular weight excluding hydrogens is 361 g/mol. The third-order valence-electron chi connectivity index (χ3n) is 3.25. The van der Waals surface area contributed by atoms with Crippen molar-refractivity contribution in [2.75, 3.05) is 32.9 Å². The maximum atomic E-state index is 9.29. The second-order valence-corrected chi connectivity index (χ2v) is 5.89. The minimum Gasteiger partial charge on any atom is -0.395 e. The SMILES string of the molecule is OCC(CO)NC1(C2CNCCO2)C=C(I)C=CN1. The second kappa shape index (κ2) is 7.00. The molecule has 0 aromatic heterocycles. The predicted molar refractivity (Wildman–Crippen MR) is 80.8 cm³/mol. The summed E-state index contributed by atoms with van der Waals surface area (Å²) in [6, 6.07) is -0.398. The Bertz CT molecular complexity index is 354. The molecule has 0 radical (unpaired) electrons. The molecule has 2 aliphatic heterocycles. The number of aliphatic hydroxyl groups is 2. The number of dihydropyridines is 1. The number of ether oxygens (including phenoxy) is 1. The van der Waals surface area contributed by atoms with Gasteiger partial charge in [0.2, 0.25) is 0 Å². The number of halogens is 1. The topological polar surface area (TPSA) is 85.8 Å². The summed E-state index contributed by atoms with van der Waals surface area (Å²) < 4.78 is 6.90. The molecule has 0 spiro atoms. The van der Waals surface area contributed by atoms with E-state index in [9.17, 15) is 10.2 Å². The van der Waals surface area contributed by atoms with Gasteiger partial charge in [0.1, 0.15) is 11.8 Å². The van der Waals surface area contributed by atoms with Crippen LogP contribution in [0.3, 0.4) is 0 Å². The minimum absolute atomic E-state index is 0.114. The molecule has 6 nitrogen and oxygen atoms in total. The van der Waals surface area contributed by atoms with Gasteiger partial charge in [0.05, 0.1) is 25.9 Å². The fraction of sp³-hybridized carbons (Fsp3) is 0.667. The summed E-state index contributed by atoms with van der Waals surface area (Å²) in [5.74, 6) is 0. The lowest BCUT2D eigenvalue weighted by atomic mass is 9.97. The minimum atomic E-state index is -0.616. The van der Waals surface area contributed by atoms with Crippen LogP contribution in [-0.2, 0) is 4.74 Å². The first-order valence-electron chi connectivity index (χ1n) is 6.34. The average Bonchev–Trinajstić information content (AvgIpc) is 2.46. The van der Waals surface area contributed by atoms with Crippen LogP contribution in [0.1, 0.15) is 0 Å². The quantitative estimate of drug-likeness (QED) is 0.395. The normalized spacial score (nSPS) is 31.2. The van der Waals surface area contributed by atoms with Gasteiger partial charge in [0.15, 0.2) is 0 Å². The molecule has 2 aliphatic rings. The van der Waals surface area contributed by atoms with E-state index in [1.165, 1.54) is 0 Å². The van der Waals surface area contributed by atoms with Crippen molar-refractivity contribution >= 4 is 22.6 Å². The van der Waals surface area contributed by atoms with E-state index in [1.54, 1.807) is 0 Å². The first-order chi connectivity index (χ1) is 9.20. The molecule has 0 aliphatic carbocycles. The van der Waals surface area contributed by atoms with Gasteiger partial charge in [0.25, 0.3) is 0 Å². The number of hydrogen-bond acceptors (Lipinski definition) is 6. The van der Waals surface area contributed by atoms with Crippen LogP contribution in [0, 0.1) is 0 Å². The number of hydrogen-bond donors (Lipinski definition) is 5. The largest absolute Gasteiger partial charge is 0.395 e. The Kier molecular flexibility index (Phi) is 5.60. The number of nitrogens with one attached hydrogen (secondary N) is 3. The molecule has 2 atom stereocenters. The molecule has 0 bridgehead atoms. The number of morpholine rings is 1. The molecule has 0 aromatic rings. The Morgan fingerprint density at radius 1 is 1.53 bits per heavy atom. The molecular formula is C12H20IN3O3. The molecule has 2 unspecified atom stereocenters. The van der Waals surface area contributed by atoms with E-state index >= 15 is 0 Å². The van der Waals surface area contributed by atoms with Crippen LogP contribution >= 0.6 is 22.6 Å². The Morgan fingerprint density at radius 3 is 2.89 bits per heavy atom. The van der Waals surface area contributed by atoms with E-state index in [0.29, 0.717) is 13.2 Å². The van der Waals surface area contributed by atoms with Crippen molar-refractivity contribution < 1.29 is 14.9 Å². The van der Waals surface area contributed by atoms with Gasteiger partial charge >= 0.3 is 0 Å². The zero-order chi connectivity index (χ0) is 13.7. The van der Waals surface area contributed by atoms with Crippen molar-refractivity contribution in [1.29, 1.82) is 0 Å². The van der Waals surface area contributed by atoms with Gasteiger partial charge in [-0.1, -0.05) is 0 Å². The summed E-state index contributed by atoms with van der Waals surface area (Å²) >= 11 is 2.24. The summed E-state index contributed by atoms with van der Waals surface area (Å²) in [5.41, 5.74) is -0.616. The van der Waals surface area contributed by atoms with Crippen molar-refractivity contribution in [2.45, 2.75) is 17.8 Å². The van der Waals surface area contributed by atoms with Crippen LogP contribution < -0.4 is 16.0 Å². The zero-order valence-electron chi connectivity index (χ0n) is 10.6. The van der Waals surface area contributed by atoms with Crippen LogP contribution in [0.2, 0.25) is 0 Å². The van der Waals surface area contributed by atoms with Crippen molar-refractivity contribution in [1.82, 2.24) is 16.0 Å². The fourth-order valence-corrected chi connectivity index (χ4v) is 2.94. The highest BCUT2D eigenvalue weighted by molar-refractivity contribution is 14.1. The highest BCUT2D eigenvalue weighted by Gasteiger charge is 2.40. The Hall–Kier alpha value is -0.190. The van der Waals surface area contributed by atoms with Gasteiger partial charge in [-0.25, -0.2) is 0 Å². The lowest BCUT2D eigenvalue weighted by molar-refractivity contribution is -0.0341. The fourth-order valence-electron chi connectivity index (χ4n) is 2.27. The Balaban J connectivity index is 2.19. The lowest BCUT2D eigenvalue weighted by Crippen LogP contribution is -2.69. The number of allylic oxidation sites excluding steroid dienone is 2. The Labute approximate surface area is 126 Å². The average molecular weight is 381 g/mol. The maximum absolute atomic E-state index is 9.29. The van der Waals surface area contributed by atoms with E-state index in [4.69, 9.17) is 4.74 Å². The predicted octanol–water partition coefficient (Wildman–Crippen LogP) is -0.950. The van der Waals surface area contributed by atoms with Gasteiger partial charge in [-0.3, -0.25) is 5.32 Å². The van der Waals surface area contributed by atoms with E-state index in [0.717, 1.165) is 10.1 Å². The van der Waals surface area contributed by atoms with Gasteiger partial charge in [0, 0.05) is 16.7 Å². The second-order valence-electron chi connectivity index (χ2n) is 4.65. The molecule has 0 saturated carbocycles. The molecule has 0 amide bonds. The molecule has 7 heteroatoms. The molecule has 5 N–H and O–H groups in total. The lowest BCUT2D eigenvalue weighted by Gasteiger charge is -2.44. The van der Waals surface area contributed by atoms with Crippen LogP contribution in [0.25, 0.3) is 0 Å². The zero-order valence-corrected chi connectivity index (χ0v) is 12.8. The van der Waals surface area contributed by atoms with Crippen LogP contribution in [0.5, 0.6) is 0 Å². The molecule has 1 saturated heterocycles. The van der Waals surface area contributed by atoms with Gasteiger partial charge in [-0.2, -0.15) is 0 Å². The molecule has 2 heterocycles. The summed E-state index contributed by atoms with van der Waals surface area (Å²) in [6.45, 7) is 1.93. The summed E-state index contributed by atoms with van der Waals surface area (Å²) in [5, 5.41) is 28.4. The smallest absolute Gasteiger partial charge is 0.137 e. The van der Waals surface area contributed by atoms with Gasteiger partial charge in [-0.15, -0.1) is 0 Å². The third kappa shape index (κ3) is 3.67. The standard InChI is InChI=1S/C12H20IN3O3/c13-9-1-2-15-12(5-9,16-10(7-17)8-18)11-6-14-3-4-19-11/h1-2,5,10-11,14-18H,3-4,6-8H2. The molecule has 2 rings (SSSR count). The highest BCUT2D eigenvalue weighted by atomic mass is 127. The Morgan fingerprint density at radius 2 is 2.32 bits per heavy atom. The molecule has 1 fully saturated rings. The van der Waals surface area contributed by atoms with Crippen molar-refractivity contribution in [3.8, 4) is 0 Å². The van der Waals surface area contributed by atoms with Crippen LogP contribution in [0.15, 0.2) is 21.9 Å². The van der Waals surface area contributed by atoms with E-state index in [1.807, 2.05) is 18.4 Å². The molecule has 108 valence electrons. The van der Waals surface area contributed by atoms with Crippen LogP contribution in [-0.4, -0.2) is 60.9 Å². The van der Waals surface area contributed by atoms with Crippen molar-refractivity contribution in [3.05, 3.63) is 21.9 Å². The molecule has 0 aromatic carbocycles. The van der Waals surface area contributed by atoms with Crippen LogP contribution in [0.4, 0.5) is 0 Å². The monoisotopic (exact) mass is 381 g/mol. The van der Waals surface area contributed by atoms with Gasteiger partial charge < -0.3 is 25.6 Å². The summed E-state index contributed by atoms with van der Waals surface area (Å²) in [4.78, 5) is 0. The summed E-state index contributed by atoms with van der Waals surface area (Å²) in [6.07, 6.45) is 5.74. The summed E-state index contributed by atoms with van der Waals surface area (Å²) in [7, 11) is 0. The highest BCUT2D eigenvalue weighted by Crippen LogP contribution is 2.24. The maximum Gasteiger partial charge on any atom is 0.137 e. The number of rotatable bonds is 5. The van der Waals surface area contributed by atoms with Crippen molar-refractivity contribution in [3.63, 3.8) is 0 Å². The first-order valence-corrected chi connectivity index (χ1v) is 7.42. The number of aliphatic hydroxyl groups excluding tert-OH is 2. The van der Waals surface area contributed by atoms with Crippen molar-refractivity contribution in [2.24, 2.45) is 0 Å². The van der Waals surface area contributed by atoms with E-state index in [2.05, 4.69) is 38.5 Å². The third-order valence-corrected chi connectivity index (χ3v) is 3.92.